The van der Waals surface area contributed by atoms with Crippen molar-refractivity contribution in [2.24, 2.45) is 7.05 Å². The first-order chi connectivity index (χ1) is 11.5. The molecule has 130 valence electrons. The Bertz CT molecular complexity index is 663. The summed E-state index contributed by atoms with van der Waals surface area (Å²) in [6.45, 7) is 8.75. The van der Waals surface area contributed by atoms with Gasteiger partial charge in [0.25, 0.3) is 0 Å². The molecule has 0 aliphatic heterocycles. The number of nitrogens with zero attached hydrogens (tertiary/aromatic N) is 3. The van der Waals surface area contributed by atoms with Crippen LogP contribution in [-0.4, -0.2) is 33.4 Å². The number of aryl methyl sites for hydroxylation is 1. The van der Waals surface area contributed by atoms with Crippen LogP contribution < -0.4 is 5.32 Å². The highest BCUT2D eigenvalue weighted by atomic mass is 16.1. The number of carbonyl (C=O) groups excluding carboxylic acids is 1. The summed E-state index contributed by atoms with van der Waals surface area (Å²) in [5.74, 6) is 1.46. The summed E-state index contributed by atoms with van der Waals surface area (Å²) in [5.41, 5.74) is 2.09. The molecule has 1 aromatic heterocycles. The van der Waals surface area contributed by atoms with Crippen LogP contribution in [0.4, 0.5) is 5.69 Å². The highest BCUT2D eigenvalue weighted by Crippen LogP contribution is 2.23. The van der Waals surface area contributed by atoms with Crippen molar-refractivity contribution in [3.8, 4) is 0 Å². The van der Waals surface area contributed by atoms with Crippen molar-refractivity contribution in [1.82, 2.24) is 14.5 Å². The monoisotopic (exact) mass is 328 g/mol. The number of carbonyl (C=O) groups is 1. The van der Waals surface area contributed by atoms with Crippen molar-refractivity contribution >= 4 is 11.6 Å². The van der Waals surface area contributed by atoms with Crippen LogP contribution in [0.3, 0.4) is 0 Å². The SMILES string of the molecule is CCN(CCC(=O)Nc1ccccc1C(C)C)Cc1nccn1C. The summed E-state index contributed by atoms with van der Waals surface area (Å²) in [6.07, 6.45) is 4.22. The second-order valence-electron chi connectivity index (χ2n) is 6.36. The van der Waals surface area contributed by atoms with Crippen molar-refractivity contribution in [3.63, 3.8) is 0 Å². The summed E-state index contributed by atoms with van der Waals surface area (Å²) in [4.78, 5) is 18.9. The van der Waals surface area contributed by atoms with Gasteiger partial charge in [0.05, 0.1) is 6.54 Å². The zero-order valence-corrected chi connectivity index (χ0v) is 15.1. The summed E-state index contributed by atoms with van der Waals surface area (Å²) >= 11 is 0. The highest BCUT2D eigenvalue weighted by Gasteiger charge is 2.12. The Morgan fingerprint density at radius 2 is 2.08 bits per heavy atom. The normalized spacial score (nSPS) is 11.2. The summed E-state index contributed by atoms with van der Waals surface area (Å²) < 4.78 is 2.02. The Morgan fingerprint density at radius 3 is 2.71 bits per heavy atom. The van der Waals surface area contributed by atoms with E-state index in [1.807, 2.05) is 36.0 Å². The van der Waals surface area contributed by atoms with Gasteiger partial charge in [-0.25, -0.2) is 4.98 Å². The van der Waals surface area contributed by atoms with Crippen molar-refractivity contribution in [1.29, 1.82) is 0 Å². The maximum absolute atomic E-state index is 12.3. The molecule has 24 heavy (non-hydrogen) atoms. The van der Waals surface area contributed by atoms with Gasteiger partial charge in [-0.15, -0.1) is 0 Å². The number of benzene rings is 1. The molecule has 1 N–H and O–H groups in total. The van der Waals surface area contributed by atoms with E-state index in [1.165, 1.54) is 5.56 Å². The van der Waals surface area contributed by atoms with Crippen LogP contribution in [0.15, 0.2) is 36.7 Å². The first-order valence-electron chi connectivity index (χ1n) is 8.58. The van der Waals surface area contributed by atoms with Crippen molar-refractivity contribution in [2.75, 3.05) is 18.4 Å². The lowest BCUT2D eigenvalue weighted by Gasteiger charge is -2.20. The third-order valence-electron chi connectivity index (χ3n) is 4.25. The van der Waals surface area contributed by atoms with E-state index in [-0.39, 0.29) is 5.91 Å². The van der Waals surface area contributed by atoms with Crippen molar-refractivity contribution in [3.05, 3.63) is 48.0 Å². The molecule has 0 fully saturated rings. The number of rotatable bonds is 8. The Hall–Kier alpha value is -2.14. The zero-order valence-electron chi connectivity index (χ0n) is 15.1. The van der Waals surface area contributed by atoms with Gasteiger partial charge in [-0.05, 0) is 24.1 Å². The molecule has 0 saturated heterocycles. The molecule has 1 heterocycles. The van der Waals surface area contributed by atoms with Gasteiger partial charge in [-0.1, -0.05) is 39.0 Å². The van der Waals surface area contributed by atoms with Crippen molar-refractivity contribution in [2.45, 2.75) is 39.7 Å². The van der Waals surface area contributed by atoms with Crippen LogP contribution in [-0.2, 0) is 18.4 Å². The van der Waals surface area contributed by atoms with Gasteiger partial charge in [0.1, 0.15) is 5.82 Å². The predicted molar refractivity (Wildman–Crippen MR) is 97.9 cm³/mol. The summed E-state index contributed by atoms with van der Waals surface area (Å²) in [5, 5.41) is 3.06. The number of imidazole rings is 1. The molecule has 0 bridgehead atoms. The van der Waals surface area contributed by atoms with E-state index < -0.39 is 0 Å². The molecule has 2 rings (SSSR count). The molecule has 1 amide bonds. The van der Waals surface area contributed by atoms with Gasteiger partial charge in [0, 0.05) is 38.1 Å². The molecule has 0 aliphatic carbocycles. The zero-order chi connectivity index (χ0) is 17.5. The number of amides is 1. The highest BCUT2D eigenvalue weighted by molar-refractivity contribution is 5.91. The lowest BCUT2D eigenvalue weighted by atomic mass is 10.0. The maximum atomic E-state index is 12.3. The molecule has 0 atom stereocenters. The minimum absolute atomic E-state index is 0.0568. The fourth-order valence-electron chi connectivity index (χ4n) is 2.68. The number of hydrogen-bond donors (Lipinski definition) is 1. The second kappa shape index (κ2) is 8.64. The van der Waals surface area contributed by atoms with Gasteiger partial charge in [0.2, 0.25) is 5.91 Å². The van der Waals surface area contributed by atoms with Crippen molar-refractivity contribution < 1.29 is 4.79 Å². The van der Waals surface area contributed by atoms with Gasteiger partial charge in [-0.3, -0.25) is 9.69 Å². The van der Waals surface area contributed by atoms with E-state index in [0.717, 1.165) is 31.1 Å². The molecule has 0 radical (unpaired) electrons. The predicted octanol–water partition coefficient (Wildman–Crippen LogP) is 3.39. The van der Waals surface area contributed by atoms with Crippen LogP contribution in [0.25, 0.3) is 0 Å². The van der Waals surface area contributed by atoms with Gasteiger partial charge < -0.3 is 9.88 Å². The lowest BCUT2D eigenvalue weighted by Crippen LogP contribution is -2.28. The number of hydrogen-bond acceptors (Lipinski definition) is 3. The largest absolute Gasteiger partial charge is 0.337 e. The fraction of sp³-hybridized carbons (Fsp3) is 0.474. The van der Waals surface area contributed by atoms with Crippen LogP contribution in [0.5, 0.6) is 0 Å². The van der Waals surface area contributed by atoms with E-state index in [0.29, 0.717) is 12.3 Å². The average Bonchev–Trinajstić information content (AvgIpc) is 2.96. The maximum Gasteiger partial charge on any atom is 0.225 e. The molecule has 5 heteroatoms. The van der Waals surface area contributed by atoms with Crippen LogP contribution in [0.2, 0.25) is 0 Å². The lowest BCUT2D eigenvalue weighted by molar-refractivity contribution is -0.116. The molecule has 1 aromatic carbocycles. The Balaban J connectivity index is 1.89. The Labute approximate surface area is 144 Å². The molecule has 5 nitrogen and oxygen atoms in total. The third-order valence-corrected chi connectivity index (χ3v) is 4.25. The Kier molecular flexibility index (Phi) is 6.55. The number of nitrogens with one attached hydrogen (secondary N) is 1. The molecule has 0 aliphatic rings. The van der Waals surface area contributed by atoms with Crippen LogP contribution >= 0.6 is 0 Å². The topological polar surface area (TPSA) is 50.2 Å². The standard InChI is InChI=1S/C19H28N4O/c1-5-23(14-18-20-11-13-22(18)4)12-10-19(24)21-17-9-7-6-8-16(17)15(2)3/h6-9,11,13,15H,5,10,12,14H2,1-4H3,(H,21,24). The van der Waals surface area contributed by atoms with Gasteiger partial charge in [-0.2, -0.15) is 0 Å². The van der Waals surface area contributed by atoms with E-state index >= 15 is 0 Å². The molecule has 0 saturated carbocycles. The number of anilines is 1. The van der Waals surface area contributed by atoms with E-state index in [2.05, 4.69) is 42.0 Å². The van der Waals surface area contributed by atoms with Gasteiger partial charge >= 0.3 is 0 Å². The minimum atomic E-state index is 0.0568. The number of aromatic nitrogens is 2. The van der Waals surface area contributed by atoms with Crippen LogP contribution in [0, 0.1) is 0 Å². The Morgan fingerprint density at radius 1 is 1.33 bits per heavy atom. The minimum Gasteiger partial charge on any atom is -0.337 e. The molecule has 0 spiro atoms. The van der Waals surface area contributed by atoms with Crippen LogP contribution in [0.1, 0.15) is 44.5 Å². The quantitative estimate of drug-likeness (QED) is 0.808. The van der Waals surface area contributed by atoms with E-state index in [1.54, 1.807) is 6.20 Å². The van der Waals surface area contributed by atoms with Gasteiger partial charge in [0.15, 0.2) is 0 Å². The molecular weight excluding hydrogens is 300 g/mol. The smallest absolute Gasteiger partial charge is 0.225 e. The summed E-state index contributed by atoms with van der Waals surface area (Å²) in [7, 11) is 1.99. The first kappa shape index (κ1) is 18.2. The fourth-order valence-corrected chi connectivity index (χ4v) is 2.68. The second-order valence-corrected chi connectivity index (χ2v) is 6.36. The third kappa shape index (κ3) is 4.93. The number of para-hydroxylation sites is 1. The molecule has 2 aromatic rings. The molecular formula is C19H28N4O. The summed E-state index contributed by atoms with van der Waals surface area (Å²) in [6, 6.07) is 8.01. The van der Waals surface area contributed by atoms with E-state index in [4.69, 9.17) is 0 Å². The van der Waals surface area contributed by atoms with E-state index in [9.17, 15) is 4.79 Å². The molecule has 0 unspecified atom stereocenters. The average molecular weight is 328 g/mol. The first-order valence-corrected chi connectivity index (χ1v) is 8.58.